The van der Waals surface area contributed by atoms with Crippen molar-refractivity contribution in [2.24, 2.45) is 0 Å². The third kappa shape index (κ3) is 6.53. The zero-order valence-corrected chi connectivity index (χ0v) is 32.6. The van der Waals surface area contributed by atoms with Gasteiger partial charge in [-0.25, -0.2) is 9.67 Å². The van der Waals surface area contributed by atoms with Gasteiger partial charge in [0.2, 0.25) is 0 Å². The summed E-state index contributed by atoms with van der Waals surface area (Å²) in [6.07, 6.45) is 5.07. The molecule has 5 nitrogen and oxygen atoms in total. The lowest BCUT2D eigenvalue weighted by Gasteiger charge is -2.22. The Bertz CT molecular complexity index is 2410. The van der Waals surface area contributed by atoms with Crippen LogP contribution in [0.2, 0.25) is 0 Å². The van der Waals surface area contributed by atoms with Gasteiger partial charge in [0.25, 0.3) is 0 Å². The van der Waals surface area contributed by atoms with E-state index in [0.717, 1.165) is 59.0 Å². The van der Waals surface area contributed by atoms with Crippen molar-refractivity contribution >= 4 is 21.8 Å². The van der Waals surface area contributed by atoms with E-state index >= 15 is 0 Å². The third-order valence-corrected chi connectivity index (χ3v) is 10.4. The lowest BCUT2D eigenvalue weighted by molar-refractivity contribution is 0.478. The topological polar surface area (TPSA) is 44.9 Å². The number of unbranched alkanes of at least 4 members (excludes halogenated alkanes) is 1. The van der Waals surface area contributed by atoms with Gasteiger partial charge < -0.3 is 4.74 Å². The Labute approximate surface area is 309 Å². The Morgan fingerprint density at radius 2 is 1.48 bits per heavy atom. The zero-order chi connectivity index (χ0) is 36.9. The molecule has 0 amide bonds. The van der Waals surface area contributed by atoms with Gasteiger partial charge in [0.15, 0.2) is 0 Å². The van der Waals surface area contributed by atoms with E-state index in [2.05, 4.69) is 163 Å². The van der Waals surface area contributed by atoms with Crippen molar-refractivity contribution in [2.75, 3.05) is 0 Å². The van der Waals surface area contributed by atoms with Crippen LogP contribution < -0.4 is 4.74 Å². The molecular weight excluding hydrogens is 637 g/mol. The van der Waals surface area contributed by atoms with Crippen molar-refractivity contribution in [1.29, 1.82) is 0 Å². The van der Waals surface area contributed by atoms with Crippen molar-refractivity contribution in [3.05, 3.63) is 130 Å². The Morgan fingerprint density at radius 1 is 0.750 bits per heavy atom. The molecule has 0 aliphatic carbocycles. The van der Waals surface area contributed by atoms with Gasteiger partial charge in [-0.2, -0.15) is 5.10 Å². The first-order valence-corrected chi connectivity index (χ1v) is 18.8. The number of aryl methyl sites for hydroxylation is 4. The van der Waals surface area contributed by atoms with E-state index in [0.29, 0.717) is 5.92 Å². The second-order valence-electron chi connectivity index (χ2n) is 15.9. The molecule has 3 aromatic heterocycles. The highest BCUT2D eigenvalue weighted by Gasteiger charge is 2.24. The summed E-state index contributed by atoms with van der Waals surface area (Å²) in [4.78, 5) is 4.85. The molecule has 0 aliphatic rings. The number of para-hydroxylation sites is 1. The van der Waals surface area contributed by atoms with Crippen LogP contribution in [0, 0.1) is 27.7 Å². The Balaban J connectivity index is 1.38. The second-order valence-corrected chi connectivity index (χ2v) is 15.9. The summed E-state index contributed by atoms with van der Waals surface area (Å²) in [6, 6.07) is 30.5. The quantitative estimate of drug-likeness (QED) is 0.152. The fourth-order valence-corrected chi connectivity index (χ4v) is 7.77. The molecule has 266 valence electrons. The highest BCUT2D eigenvalue weighted by Crippen LogP contribution is 2.39. The summed E-state index contributed by atoms with van der Waals surface area (Å²) < 4.78 is 11.3. The SMILES string of the molecule is CCCCc1c(-c2c(C)cc(C)cc2C)c(C)nn1-c1cc(Oc2ccc3c4ccccc4n(-c4cc(C(C)C)ccn4)c3c2)cc(C(C)(C)C)c1. The maximum atomic E-state index is 6.85. The first-order valence-electron chi connectivity index (χ1n) is 18.8. The van der Waals surface area contributed by atoms with Gasteiger partial charge in [-0.1, -0.05) is 83.9 Å². The van der Waals surface area contributed by atoms with Crippen LogP contribution in [0.5, 0.6) is 11.5 Å². The molecule has 0 atom stereocenters. The largest absolute Gasteiger partial charge is 0.457 e. The fraction of sp³-hybridized carbons (Fsp3) is 0.319. The number of aromatic nitrogens is 4. The monoisotopic (exact) mass is 688 g/mol. The van der Waals surface area contributed by atoms with E-state index in [1.54, 1.807) is 0 Å². The van der Waals surface area contributed by atoms with E-state index < -0.39 is 0 Å². The highest BCUT2D eigenvalue weighted by atomic mass is 16.5. The highest BCUT2D eigenvalue weighted by molar-refractivity contribution is 6.09. The van der Waals surface area contributed by atoms with Crippen LogP contribution in [0.1, 0.15) is 99.5 Å². The number of nitrogens with zero attached hydrogens (tertiary/aromatic N) is 4. The van der Waals surface area contributed by atoms with Gasteiger partial charge in [0.05, 0.1) is 28.1 Å². The van der Waals surface area contributed by atoms with E-state index in [9.17, 15) is 0 Å². The van der Waals surface area contributed by atoms with E-state index in [4.69, 9.17) is 14.8 Å². The summed E-state index contributed by atoms with van der Waals surface area (Å²) in [6.45, 7) is 22.3. The lowest BCUT2D eigenvalue weighted by atomic mass is 9.86. The minimum atomic E-state index is -0.101. The molecule has 0 bridgehead atoms. The summed E-state index contributed by atoms with van der Waals surface area (Å²) in [5.41, 5.74) is 14.3. The van der Waals surface area contributed by atoms with Crippen LogP contribution in [0.4, 0.5) is 0 Å². The van der Waals surface area contributed by atoms with Crippen LogP contribution in [-0.2, 0) is 11.8 Å². The van der Waals surface area contributed by atoms with E-state index in [1.807, 2.05) is 6.20 Å². The minimum absolute atomic E-state index is 0.101. The first kappa shape index (κ1) is 35.3. The number of pyridine rings is 1. The number of benzene rings is 4. The summed E-state index contributed by atoms with van der Waals surface area (Å²) in [7, 11) is 0. The normalized spacial score (nSPS) is 12.1. The van der Waals surface area contributed by atoms with Gasteiger partial charge in [-0.05, 0) is 122 Å². The molecule has 7 rings (SSSR count). The molecular formula is C47H52N4O. The van der Waals surface area contributed by atoms with Crippen molar-refractivity contribution in [2.45, 2.75) is 99.8 Å². The molecule has 0 fully saturated rings. The van der Waals surface area contributed by atoms with Crippen LogP contribution in [0.3, 0.4) is 0 Å². The number of hydrogen-bond donors (Lipinski definition) is 0. The molecule has 0 aliphatic heterocycles. The molecule has 4 aromatic carbocycles. The minimum Gasteiger partial charge on any atom is -0.457 e. The molecule has 0 saturated carbocycles. The maximum Gasteiger partial charge on any atom is 0.137 e. The Morgan fingerprint density at radius 3 is 2.19 bits per heavy atom. The van der Waals surface area contributed by atoms with Gasteiger partial charge >= 0.3 is 0 Å². The van der Waals surface area contributed by atoms with Crippen LogP contribution in [-0.4, -0.2) is 19.3 Å². The summed E-state index contributed by atoms with van der Waals surface area (Å²) in [5, 5.41) is 7.63. The summed E-state index contributed by atoms with van der Waals surface area (Å²) >= 11 is 0. The Hall–Kier alpha value is -5.16. The predicted octanol–water partition coefficient (Wildman–Crippen LogP) is 12.8. The molecule has 0 N–H and O–H groups in total. The van der Waals surface area contributed by atoms with Crippen molar-refractivity contribution in [3.8, 4) is 34.1 Å². The molecule has 7 aromatic rings. The third-order valence-electron chi connectivity index (χ3n) is 10.4. The molecule has 3 heterocycles. The molecule has 0 radical (unpaired) electrons. The smallest absolute Gasteiger partial charge is 0.137 e. The van der Waals surface area contributed by atoms with Crippen molar-refractivity contribution < 1.29 is 4.74 Å². The van der Waals surface area contributed by atoms with Crippen LogP contribution in [0.15, 0.2) is 91.1 Å². The zero-order valence-electron chi connectivity index (χ0n) is 32.6. The Kier molecular flexibility index (Phi) is 9.33. The standard InChI is InChI=1S/C47H52N4O/c1-11-12-16-42-46(45-31(5)22-30(4)23-32(45)6)33(7)49-51(42)36-25-35(47(8,9)10)26-38(27-36)52-37-18-19-40-39-15-13-14-17-41(39)50(43(40)28-37)44-24-34(29(2)3)20-21-48-44/h13-15,17-29H,11-12,16H2,1-10H3. The summed E-state index contributed by atoms with van der Waals surface area (Å²) in [5.74, 6) is 2.89. The average molecular weight is 689 g/mol. The van der Waals surface area contributed by atoms with E-state index in [-0.39, 0.29) is 5.41 Å². The van der Waals surface area contributed by atoms with Crippen molar-refractivity contribution in [3.63, 3.8) is 0 Å². The van der Waals surface area contributed by atoms with Gasteiger partial charge in [0, 0.05) is 34.7 Å². The van der Waals surface area contributed by atoms with Crippen molar-refractivity contribution in [1.82, 2.24) is 19.3 Å². The number of hydrogen-bond acceptors (Lipinski definition) is 3. The van der Waals surface area contributed by atoms with Crippen LogP contribution >= 0.6 is 0 Å². The predicted molar refractivity (Wildman–Crippen MR) is 218 cm³/mol. The molecule has 0 unspecified atom stereocenters. The molecule has 5 heteroatoms. The van der Waals surface area contributed by atoms with E-state index in [1.165, 1.54) is 55.4 Å². The van der Waals surface area contributed by atoms with Crippen LogP contribution in [0.25, 0.3) is 44.4 Å². The first-order chi connectivity index (χ1) is 24.8. The van der Waals surface area contributed by atoms with Gasteiger partial charge in [0.1, 0.15) is 17.3 Å². The molecule has 0 spiro atoms. The van der Waals surface area contributed by atoms with Gasteiger partial charge in [-0.3, -0.25) is 4.57 Å². The number of rotatable bonds is 9. The lowest BCUT2D eigenvalue weighted by Crippen LogP contribution is -2.13. The fourth-order valence-electron chi connectivity index (χ4n) is 7.77. The second kappa shape index (κ2) is 13.8. The molecule has 52 heavy (non-hydrogen) atoms. The number of fused-ring (bicyclic) bond motifs is 3. The average Bonchev–Trinajstić information content (AvgIpc) is 3.60. The number of ether oxygens (including phenoxy) is 1. The molecule has 0 saturated heterocycles. The maximum absolute atomic E-state index is 6.85. The van der Waals surface area contributed by atoms with Gasteiger partial charge in [-0.15, -0.1) is 0 Å².